The van der Waals surface area contributed by atoms with E-state index in [1.54, 1.807) is 0 Å². The maximum atomic E-state index is 12.8. The van der Waals surface area contributed by atoms with Crippen LogP contribution >= 0.6 is 0 Å². The number of halogens is 3. The minimum absolute atomic E-state index is 0.206. The van der Waals surface area contributed by atoms with Crippen molar-refractivity contribution in [1.82, 2.24) is 4.98 Å². The normalized spacial score (nSPS) is 11.8. The Morgan fingerprint density at radius 1 is 1.23 bits per heavy atom. The summed E-state index contributed by atoms with van der Waals surface area (Å²) in [6.07, 6.45) is -3.61. The van der Waals surface area contributed by atoms with Crippen LogP contribution in [0.25, 0.3) is 0 Å². The molecular weight excluding hydrogens is 379 g/mol. The number of benzene rings is 1. The fourth-order valence-corrected chi connectivity index (χ4v) is 3.31. The van der Waals surface area contributed by atoms with Gasteiger partial charge in [0, 0.05) is 6.20 Å². The van der Waals surface area contributed by atoms with Crippen molar-refractivity contribution < 1.29 is 36.0 Å². The minimum atomic E-state index is -5.35. The zero-order valence-corrected chi connectivity index (χ0v) is 13.9. The number of primary amides is 1. The van der Waals surface area contributed by atoms with E-state index in [0.717, 1.165) is 31.6 Å². The number of methoxy groups -OCH3 is 1. The first-order valence-corrected chi connectivity index (χ1v) is 8.19. The Balaban J connectivity index is 2.65. The van der Waals surface area contributed by atoms with Gasteiger partial charge in [-0.15, -0.1) is 17.6 Å². The van der Waals surface area contributed by atoms with Gasteiger partial charge in [0.1, 0.15) is 16.3 Å². The molecule has 26 heavy (non-hydrogen) atoms. The molecule has 0 fully saturated rings. The third-order valence-corrected chi connectivity index (χ3v) is 4.59. The van der Waals surface area contributed by atoms with Gasteiger partial charge in [0.2, 0.25) is 5.91 Å². The Kier molecular flexibility index (Phi) is 5.37. The number of anilines is 1. The zero-order valence-electron chi connectivity index (χ0n) is 13.1. The first kappa shape index (κ1) is 19.5. The van der Waals surface area contributed by atoms with Crippen LogP contribution in [-0.4, -0.2) is 32.8 Å². The summed E-state index contributed by atoms with van der Waals surface area (Å²) >= 11 is 0. The Labute approximate surface area is 146 Å². The van der Waals surface area contributed by atoms with Gasteiger partial charge in [-0.1, -0.05) is 12.1 Å². The number of alkyl halides is 3. The molecule has 0 spiro atoms. The molecular formula is C14H12F3N3O5S. The summed E-state index contributed by atoms with van der Waals surface area (Å²) in [5.41, 5.74) is 4.06. The van der Waals surface area contributed by atoms with Crippen LogP contribution in [0.15, 0.2) is 47.6 Å². The Hall–Kier alpha value is -2.86. The SMILES string of the molecule is COc1ccccc1S(=O)(=O)N(OC(F)(F)F)c1cncc(C(N)=O)c1. The maximum absolute atomic E-state index is 12.8. The third kappa shape index (κ3) is 4.21. The Morgan fingerprint density at radius 2 is 1.88 bits per heavy atom. The number of hydrogen-bond acceptors (Lipinski definition) is 6. The number of amides is 1. The van der Waals surface area contributed by atoms with E-state index in [-0.39, 0.29) is 11.3 Å². The van der Waals surface area contributed by atoms with Crippen LogP contribution in [0.1, 0.15) is 10.4 Å². The predicted octanol–water partition coefficient (Wildman–Crippen LogP) is 1.84. The molecule has 0 aliphatic rings. The second-order valence-electron chi connectivity index (χ2n) is 4.72. The van der Waals surface area contributed by atoms with Crippen LogP contribution in [0.3, 0.4) is 0 Å². The van der Waals surface area contributed by atoms with E-state index in [1.165, 1.54) is 18.2 Å². The van der Waals surface area contributed by atoms with Crippen molar-refractivity contribution >= 4 is 21.6 Å². The molecule has 0 radical (unpaired) electrons. The highest BCUT2D eigenvalue weighted by molar-refractivity contribution is 7.92. The quantitative estimate of drug-likeness (QED) is 0.752. The molecule has 2 aromatic rings. The number of pyridine rings is 1. The summed E-state index contributed by atoms with van der Waals surface area (Å²) in [7, 11) is -3.75. The maximum Gasteiger partial charge on any atom is 0.544 e. The van der Waals surface area contributed by atoms with Crippen molar-refractivity contribution in [3.63, 3.8) is 0 Å². The molecule has 8 nitrogen and oxygen atoms in total. The van der Waals surface area contributed by atoms with Gasteiger partial charge in [0.25, 0.3) is 10.0 Å². The predicted molar refractivity (Wildman–Crippen MR) is 82.6 cm³/mol. The lowest BCUT2D eigenvalue weighted by molar-refractivity contribution is -0.322. The standard InChI is InChI=1S/C14H12F3N3O5S/c1-24-11-4-2-3-5-12(11)26(22,23)20(25-14(15,16)17)10-6-9(13(18)21)7-19-8-10/h2-8H,1H3,(H2,18,21). The van der Waals surface area contributed by atoms with Crippen LogP contribution in [-0.2, 0) is 14.9 Å². The second kappa shape index (κ2) is 7.17. The smallest absolute Gasteiger partial charge is 0.495 e. The molecule has 0 aliphatic heterocycles. The van der Waals surface area contributed by atoms with E-state index in [9.17, 15) is 26.4 Å². The average molecular weight is 391 g/mol. The highest BCUT2D eigenvalue weighted by Crippen LogP contribution is 2.33. The van der Waals surface area contributed by atoms with Gasteiger partial charge in [0.05, 0.1) is 18.9 Å². The molecule has 1 aromatic carbocycles. The van der Waals surface area contributed by atoms with Crippen LogP contribution in [0.2, 0.25) is 0 Å². The van der Waals surface area contributed by atoms with Crippen molar-refractivity contribution in [1.29, 1.82) is 0 Å². The van der Waals surface area contributed by atoms with Crippen molar-refractivity contribution in [3.8, 4) is 5.75 Å². The largest absolute Gasteiger partial charge is 0.544 e. The summed E-state index contributed by atoms with van der Waals surface area (Å²) in [5.74, 6) is -1.22. The van der Waals surface area contributed by atoms with Gasteiger partial charge in [-0.3, -0.25) is 9.78 Å². The number of ether oxygens (including phenoxy) is 1. The molecule has 1 amide bonds. The number of rotatable bonds is 6. The number of nitrogens with two attached hydrogens (primary N) is 1. The lowest BCUT2D eigenvalue weighted by Gasteiger charge is -2.24. The van der Waals surface area contributed by atoms with Gasteiger partial charge in [-0.05, 0) is 18.2 Å². The van der Waals surface area contributed by atoms with Gasteiger partial charge < -0.3 is 10.5 Å². The number of para-hydroxylation sites is 1. The summed E-state index contributed by atoms with van der Waals surface area (Å²) in [6, 6.07) is 5.80. The van der Waals surface area contributed by atoms with E-state index >= 15 is 0 Å². The van der Waals surface area contributed by atoms with Gasteiger partial charge in [-0.25, -0.2) is 0 Å². The molecule has 0 bridgehead atoms. The van der Waals surface area contributed by atoms with Crippen LogP contribution in [0.5, 0.6) is 5.75 Å². The molecule has 0 saturated carbocycles. The highest BCUT2D eigenvalue weighted by Gasteiger charge is 2.41. The number of sulfonamides is 1. The molecule has 2 rings (SSSR count). The van der Waals surface area contributed by atoms with E-state index < -0.39 is 37.3 Å². The molecule has 1 heterocycles. The first-order chi connectivity index (χ1) is 12.1. The van der Waals surface area contributed by atoms with Crippen molar-refractivity contribution in [2.75, 3.05) is 11.6 Å². The fraction of sp³-hybridized carbons (Fsp3) is 0.143. The molecule has 0 aliphatic carbocycles. The van der Waals surface area contributed by atoms with E-state index in [2.05, 4.69) is 9.82 Å². The molecule has 12 heteroatoms. The van der Waals surface area contributed by atoms with Crippen LogP contribution in [0.4, 0.5) is 18.9 Å². The summed E-state index contributed by atoms with van der Waals surface area (Å²) in [6.45, 7) is 0. The fourth-order valence-electron chi connectivity index (χ4n) is 1.92. The molecule has 1 aromatic heterocycles. The van der Waals surface area contributed by atoms with E-state index in [0.29, 0.717) is 0 Å². The lowest BCUT2D eigenvalue weighted by atomic mass is 10.2. The van der Waals surface area contributed by atoms with E-state index in [4.69, 9.17) is 10.5 Å². The third-order valence-electron chi connectivity index (χ3n) is 2.97. The van der Waals surface area contributed by atoms with Gasteiger partial charge >= 0.3 is 6.36 Å². The molecule has 0 atom stereocenters. The average Bonchev–Trinajstić information content (AvgIpc) is 2.58. The summed E-state index contributed by atoms with van der Waals surface area (Å²) in [4.78, 5) is 17.8. The molecule has 0 saturated heterocycles. The number of hydrogen-bond donors (Lipinski definition) is 1. The highest BCUT2D eigenvalue weighted by atomic mass is 32.2. The molecule has 2 N–H and O–H groups in total. The summed E-state index contributed by atoms with van der Waals surface area (Å²) < 4.78 is 68.4. The Bertz CT molecular complexity index is 918. The van der Waals surface area contributed by atoms with Crippen LogP contribution in [0, 0.1) is 0 Å². The monoisotopic (exact) mass is 391 g/mol. The second-order valence-corrected chi connectivity index (χ2v) is 6.44. The topological polar surface area (TPSA) is 112 Å². The zero-order chi connectivity index (χ0) is 19.5. The first-order valence-electron chi connectivity index (χ1n) is 6.75. The molecule has 140 valence electrons. The van der Waals surface area contributed by atoms with Gasteiger partial charge in [-0.2, -0.15) is 13.3 Å². The number of nitrogens with zero attached hydrogens (tertiary/aromatic N) is 2. The number of aromatic nitrogens is 1. The number of carbonyl (C=O) groups excluding carboxylic acids is 1. The van der Waals surface area contributed by atoms with Gasteiger partial charge in [0.15, 0.2) is 0 Å². The van der Waals surface area contributed by atoms with Crippen LogP contribution < -0.4 is 14.9 Å². The van der Waals surface area contributed by atoms with Crippen molar-refractivity contribution in [2.24, 2.45) is 5.73 Å². The number of carbonyl (C=O) groups is 1. The van der Waals surface area contributed by atoms with Crippen molar-refractivity contribution in [3.05, 3.63) is 48.3 Å². The van der Waals surface area contributed by atoms with Crippen molar-refractivity contribution in [2.45, 2.75) is 11.3 Å². The minimum Gasteiger partial charge on any atom is -0.495 e. The Morgan fingerprint density at radius 3 is 2.46 bits per heavy atom. The lowest BCUT2D eigenvalue weighted by Crippen LogP contribution is -2.37. The molecule has 0 unspecified atom stereocenters. The summed E-state index contributed by atoms with van der Waals surface area (Å²) in [5, 5.41) is 0. The van der Waals surface area contributed by atoms with E-state index in [1.807, 2.05) is 0 Å².